The molecule has 2 saturated heterocycles. The number of amides is 2. The zero-order valence-electron chi connectivity index (χ0n) is 11.4. The van der Waals surface area contributed by atoms with Crippen molar-refractivity contribution >= 4 is 29.0 Å². The predicted octanol–water partition coefficient (Wildman–Crippen LogP) is -0.744. The van der Waals surface area contributed by atoms with Gasteiger partial charge >= 0.3 is 5.97 Å². The molecule has 1 aromatic carbocycles. The number of carboxylic acids is 1. The van der Waals surface area contributed by atoms with Gasteiger partial charge in [-0.15, -0.1) is 0 Å². The van der Waals surface area contributed by atoms with Crippen LogP contribution in [-0.2, 0) is 25.6 Å². The molecule has 3 rings (SSSR count). The number of β-lactam (4-membered cyclic amide) rings is 1. The van der Waals surface area contributed by atoms with Crippen LogP contribution in [0.15, 0.2) is 30.3 Å². The van der Waals surface area contributed by atoms with Crippen LogP contribution >= 0.6 is 0 Å². The monoisotopic (exact) mass is 322 g/mol. The lowest BCUT2D eigenvalue weighted by atomic mass is 9.79. The van der Waals surface area contributed by atoms with Gasteiger partial charge in [0.15, 0.2) is 0 Å². The molecule has 0 radical (unpaired) electrons. The number of carbonyl (C=O) groups is 3. The molecule has 7 nitrogen and oxygen atoms in total. The second kappa shape index (κ2) is 5.29. The molecule has 0 bridgehead atoms. The second-order valence-electron chi connectivity index (χ2n) is 5.35. The summed E-state index contributed by atoms with van der Waals surface area (Å²) in [5.41, 5.74) is 6.01. The number of nitrogens with zero attached hydrogens (tertiary/aromatic N) is 1. The number of benzene rings is 1. The van der Waals surface area contributed by atoms with E-state index in [4.69, 9.17) is 10.8 Å². The highest BCUT2D eigenvalue weighted by Crippen LogP contribution is 2.45. The van der Waals surface area contributed by atoms with Gasteiger partial charge in [-0.3, -0.25) is 14.5 Å². The maximum absolute atomic E-state index is 12.3. The van der Waals surface area contributed by atoms with Gasteiger partial charge in [0.1, 0.15) is 5.92 Å². The summed E-state index contributed by atoms with van der Waals surface area (Å²) in [5, 5.41) is 7.20. The average Bonchev–Trinajstić information content (AvgIpc) is 2.78. The van der Waals surface area contributed by atoms with E-state index in [1.165, 1.54) is 4.90 Å². The number of hydrogen-bond donors (Lipinski definition) is 2. The van der Waals surface area contributed by atoms with Gasteiger partial charge in [0.25, 0.3) is 0 Å². The van der Waals surface area contributed by atoms with E-state index in [2.05, 4.69) is 0 Å². The SMILES string of the molecule is NC(=O)C(c1ccccc1)[C@@H]1C(=O)N2C[C@@H](C(=O)O)[S+]([O-])[C@H]12. The number of nitrogens with two attached hydrogens (primary N) is 1. The van der Waals surface area contributed by atoms with E-state index in [1.807, 2.05) is 0 Å². The van der Waals surface area contributed by atoms with Crippen LogP contribution in [0.25, 0.3) is 0 Å². The fourth-order valence-corrected chi connectivity index (χ4v) is 4.97. The number of rotatable bonds is 4. The molecule has 2 aliphatic heterocycles. The minimum absolute atomic E-state index is 0.0811. The van der Waals surface area contributed by atoms with Gasteiger partial charge in [-0.2, -0.15) is 0 Å². The highest BCUT2D eigenvalue weighted by atomic mass is 32.2. The quantitative estimate of drug-likeness (QED) is 0.558. The van der Waals surface area contributed by atoms with Gasteiger partial charge in [0.05, 0.1) is 12.5 Å². The van der Waals surface area contributed by atoms with Gasteiger partial charge in [-0.05, 0) is 16.7 Å². The van der Waals surface area contributed by atoms with Crippen LogP contribution in [0.2, 0.25) is 0 Å². The summed E-state index contributed by atoms with van der Waals surface area (Å²) in [7, 11) is 0. The van der Waals surface area contributed by atoms with E-state index >= 15 is 0 Å². The number of carbonyl (C=O) groups excluding carboxylic acids is 2. The molecule has 0 aliphatic carbocycles. The Morgan fingerprint density at radius 3 is 2.55 bits per heavy atom. The van der Waals surface area contributed by atoms with Crippen LogP contribution in [0.3, 0.4) is 0 Å². The number of aliphatic carboxylic acids is 1. The maximum atomic E-state index is 12.3. The first-order chi connectivity index (χ1) is 10.4. The summed E-state index contributed by atoms with van der Waals surface area (Å²) in [6.07, 6.45) is 0. The fourth-order valence-electron chi connectivity index (χ4n) is 3.13. The lowest BCUT2D eigenvalue weighted by Crippen LogP contribution is -2.62. The molecule has 2 heterocycles. The summed E-state index contributed by atoms with van der Waals surface area (Å²) in [6.45, 7) is -0.0811. The number of carboxylic acid groups (broad SMARTS) is 1. The van der Waals surface area contributed by atoms with Gasteiger partial charge in [0.2, 0.25) is 22.4 Å². The Hall–Kier alpha value is -2.06. The third kappa shape index (κ3) is 2.06. The third-order valence-corrected chi connectivity index (χ3v) is 6.10. The molecular formula is C14H14N2O5S. The van der Waals surface area contributed by atoms with Crippen molar-refractivity contribution in [2.24, 2.45) is 11.7 Å². The zero-order valence-corrected chi connectivity index (χ0v) is 12.2. The summed E-state index contributed by atoms with van der Waals surface area (Å²) in [6, 6.07) is 8.57. The fraction of sp³-hybridized carbons (Fsp3) is 0.357. The number of hydrogen-bond acceptors (Lipinski definition) is 4. The second-order valence-corrected chi connectivity index (χ2v) is 7.06. The van der Waals surface area contributed by atoms with E-state index in [-0.39, 0.29) is 12.5 Å². The molecule has 2 aliphatic rings. The molecule has 2 unspecified atom stereocenters. The topological polar surface area (TPSA) is 124 Å². The molecule has 0 saturated carbocycles. The van der Waals surface area contributed by atoms with Gasteiger partial charge in [0, 0.05) is 0 Å². The Bertz CT molecular complexity index is 637. The van der Waals surface area contributed by atoms with Crippen molar-refractivity contribution in [1.29, 1.82) is 0 Å². The smallest absolute Gasteiger partial charge is 0.359 e. The van der Waals surface area contributed by atoms with Crippen molar-refractivity contribution < 1.29 is 24.0 Å². The highest BCUT2D eigenvalue weighted by molar-refractivity contribution is 7.93. The minimum atomic E-state index is -1.74. The normalized spacial score (nSPS) is 31.3. The average molecular weight is 322 g/mol. The molecule has 5 atom stereocenters. The van der Waals surface area contributed by atoms with E-state index in [1.54, 1.807) is 30.3 Å². The van der Waals surface area contributed by atoms with Crippen LogP contribution < -0.4 is 5.73 Å². The van der Waals surface area contributed by atoms with Crippen molar-refractivity contribution in [3.63, 3.8) is 0 Å². The van der Waals surface area contributed by atoms with E-state index in [0.717, 1.165) is 0 Å². The third-order valence-electron chi connectivity index (χ3n) is 4.16. The van der Waals surface area contributed by atoms with E-state index < -0.39 is 45.5 Å². The van der Waals surface area contributed by atoms with Crippen LogP contribution in [0.1, 0.15) is 11.5 Å². The van der Waals surface area contributed by atoms with E-state index in [9.17, 15) is 18.9 Å². The standard InChI is InChI=1S/C14H14N2O5S/c15-11(17)9(7-4-2-1-3-5-7)10-12(18)16-6-8(14(19)20)22(21)13(10)16/h1-5,8-10,13H,6H2,(H2,15,17)(H,19,20)/t8-,9?,10+,13+,22?/m0/s1. The van der Waals surface area contributed by atoms with Gasteiger partial charge < -0.3 is 15.4 Å². The van der Waals surface area contributed by atoms with Crippen molar-refractivity contribution in [2.75, 3.05) is 6.54 Å². The van der Waals surface area contributed by atoms with Gasteiger partial charge in [-0.25, -0.2) is 4.79 Å². The summed E-state index contributed by atoms with van der Waals surface area (Å²) >= 11 is -1.74. The molecular weight excluding hydrogens is 308 g/mol. The lowest BCUT2D eigenvalue weighted by molar-refractivity contribution is -0.153. The van der Waals surface area contributed by atoms with Crippen molar-refractivity contribution in [2.45, 2.75) is 16.5 Å². The number of fused-ring (bicyclic) bond motifs is 1. The molecule has 1 aromatic rings. The molecule has 3 N–H and O–H groups in total. The Morgan fingerprint density at radius 2 is 2.00 bits per heavy atom. The van der Waals surface area contributed by atoms with Crippen LogP contribution in [0.5, 0.6) is 0 Å². The van der Waals surface area contributed by atoms with Gasteiger partial charge in [-0.1, -0.05) is 30.3 Å². The maximum Gasteiger partial charge on any atom is 0.359 e. The van der Waals surface area contributed by atoms with Crippen LogP contribution in [-0.4, -0.2) is 49.5 Å². The molecule has 2 amide bonds. The largest absolute Gasteiger partial charge is 0.614 e. The highest BCUT2D eigenvalue weighted by Gasteiger charge is 2.66. The minimum Gasteiger partial charge on any atom is -0.614 e. The first-order valence-corrected chi connectivity index (χ1v) is 7.98. The Kier molecular flexibility index (Phi) is 3.57. The summed E-state index contributed by atoms with van der Waals surface area (Å²) in [4.78, 5) is 36.5. The van der Waals surface area contributed by atoms with Crippen LogP contribution in [0.4, 0.5) is 0 Å². The molecule has 2 fully saturated rings. The molecule has 116 valence electrons. The lowest BCUT2D eigenvalue weighted by Gasteiger charge is -2.42. The molecule has 0 aromatic heterocycles. The van der Waals surface area contributed by atoms with E-state index in [0.29, 0.717) is 5.56 Å². The first-order valence-electron chi connectivity index (χ1n) is 6.70. The molecule has 8 heteroatoms. The first kappa shape index (κ1) is 14.9. The van der Waals surface area contributed by atoms with Crippen molar-refractivity contribution in [3.05, 3.63) is 35.9 Å². The predicted molar refractivity (Wildman–Crippen MR) is 76.9 cm³/mol. The Morgan fingerprint density at radius 1 is 1.36 bits per heavy atom. The summed E-state index contributed by atoms with van der Waals surface area (Å²) < 4.78 is 12.3. The number of primary amides is 1. The Balaban J connectivity index is 1.93. The zero-order chi connectivity index (χ0) is 16.0. The summed E-state index contributed by atoms with van der Waals surface area (Å²) in [5.74, 6) is -4.00. The molecule has 0 spiro atoms. The van der Waals surface area contributed by atoms with Crippen molar-refractivity contribution in [1.82, 2.24) is 4.90 Å². The Labute approximate surface area is 129 Å². The van der Waals surface area contributed by atoms with Crippen molar-refractivity contribution in [3.8, 4) is 0 Å². The molecule has 22 heavy (non-hydrogen) atoms. The van der Waals surface area contributed by atoms with Crippen LogP contribution in [0, 0.1) is 5.92 Å².